The van der Waals surface area contributed by atoms with Gasteiger partial charge >= 0.3 is 0 Å². The lowest BCUT2D eigenvalue weighted by Gasteiger charge is -2.27. The highest BCUT2D eigenvalue weighted by Gasteiger charge is 2.19. The van der Waals surface area contributed by atoms with Crippen LogP contribution in [0.1, 0.15) is 30.4 Å². The fourth-order valence-electron chi connectivity index (χ4n) is 2.21. The molecule has 0 bridgehead atoms. The summed E-state index contributed by atoms with van der Waals surface area (Å²) in [7, 11) is 1.60. The summed E-state index contributed by atoms with van der Waals surface area (Å²) < 4.78 is 5.27. The number of nitrogens with zero attached hydrogens (tertiary/aromatic N) is 2. The lowest BCUT2D eigenvalue weighted by Crippen LogP contribution is -2.34. The summed E-state index contributed by atoms with van der Waals surface area (Å²) in [5.41, 5.74) is 1.49. The van der Waals surface area contributed by atoms with E-state index < -0.39 is 0 Å². The van der Waals surface area contributed by atoms with Gasteiger partial charge in [-0.1, -0.05) is 0 Å². The molecule has 1 aromatic rings. The smallest absolute Gasteiger partial charge is 0.222 e. The molecule has 18 heavy (non-hydrogen) atoms. The van der Waals surface area contributed by atoms with Crippen molar-refractivity contribution in [2.24, 2.45) is 0 Å². The maximum absolute atomic E-state index is 11.8. The van der Waals surface area contributed by atoms with Crippen LogP contribution in [0.25, 0.3) is 0 Å². The molecule has 0 N–H and O–H groups in total. The van der Waals surface area contributed by atoms with Gasteiger partial charge in [-0.3, -0.25) is 4.79 Å². The van der Waals surface area contributed by atoms with Crippen LogP contribution in [0.2, 0.25) is 0 Å². The van der Waals surface area contributed by atoms with Crippen LogP contribution in [0, 0.1) is 11.3 Å². The zero-order chi connectivity index (χ0) is 13.0. The molecule has 94 valence electrons. The fourth-order valence-corrected chi connectivity index (χ4v) is 2.21. The topological polar surface area (TPSA) is 53.3 Å². The first-order chi connectivity index (χ1) is 8.74. The monoisotopic (exact) mass is 244 g/mol. The van der Waals surface area contributed by atoms with Crippen molar-refractivity contribution in [1.82, 2.24) is 4.90 Å². The maximum atomic E-state index is 11.8. The van der Waals surface area contributed by atoms with E-state index in [9.17, 15) is 4.79 Å². The molecule has 1 aromatic carbocycles. The van der Waals surface area contributed by atoms with Crippen LogP contribution in [-0.2, 0) is 11.3 Å². The van der Waals surface area contributed by atoms with Gasteiger partial charge in [0.15, 0.2) is 0 Å². The minimum atomic E-state index is 0.186. The van der Waals surface area contributed by atoms with Crippen LogP contribution in [-0.4, -0.2) is 24.5 Å². The molecule has 0 aromatic heterocycles. The second kappa shape index (κ2) is 5.54. The summed E-state index contributed by atoms with van der Waals surface area (Å²) >= 11 is 0. The molecule has 1 fully saturated rings. The first kappa shape index (κ1) is 12.4. The molecule has 1 aliphatic heterocycles. The molecular weight excluding hydrogens is 228 g/mol. The van der Waals surface area contributed by atoms with E-state index in [0.717, 1.165) is 30.7 Å². The van der Waals surface area contributed by atoms with Gasteiger partial charge in [-0.15, -0.1) is 0 Å². The number of amides is 1. The molecule has 1 saturated heterocycles. The number of carbonyl (C=O) groups excluding carboxylic acids is 1. The lowest BCUT2D eigenvalue weighted by atomic mass is 10.1. The Morgan fingerprint density at radius 1 is 1.44 bits per heavy atom. The van der Waals surface area contributed by atoms with E-state index in [1.807, 2.05) is 4.90 Å². The van der Waals surface area contributed by atoms with Gasteiger partial charge in [0.25, 0.3) is 0 Å². The summed E-state index contributed by atoms with van der Waals surface area (Å²) in [4.78, 5) is 13.6. The number of benzene rings is 1. The minimum Gasteiger partial charge on any atom is -0.496 e. The van der Waals surface area contributed by atoms with Crippen molar-refractivity contribution in [2.75, 3.05) is 13.7 Å². The SMILES string of the molecule is COc1ccc(C#N)cc1CN1CCCCC1=O. The summed E-state index contributed by atoms with van der Waals surface area (Å²) in [5, 5.41) is 8.91. The third-order valence-electron chi connectivity index (χ3n) is 3.19. The Labute approximate surface area is 107 Å². The summed E-state index contributed by atoms with van der Waals surface area (Å²) in [6.45, 7) is 1.32. The number of hydrogen-bond donors (Lipinski definition) is 0. The number of likely N-dealkylation sites (tertiary alicyclic amines) is 1. The van der Waals surface area contributed by atoms with E-state index in [1.54, 1.807) is 25.3 Å². The Morgan fingerprint density at radius 2 is 2.28 bits per heavy atom. The zero-order valence-corrected chi connectivity index (χ0v) is 10.5. The van der Waals surface area contributed by atoms with Gasteiger partial charge in [-0.05, 0) is 31.0 Å². The predicted molar refractivity (Wildman–Crippen MR) is 67.0 cm³/mol. The van der Waals surface area contributed by atoms with Gasteiger partial charge in [0.05, 0.1) is 18.7 Å². The third-order valence-corrected chi connectivity index (χ3v) is 3.19. The first-order valence-electron chi connectivity index (χ1n) is 6.09. The summed E-state index contributed by atoms with van der Waals surface area (Å²) in [6, 6.07) is 7.40. The van der Waals surface area contributed by atoms with Crippen LogP contribution in [0.4, 0.5) is 0 Å². The van der Waals surface area contributed by atoms with Gasteiger partial charge in [0.1, 0.15) is 5.75 Å². The van der Waals surface area contributed by atoms with Gasteiger partial charge < -0.3 is 9.64 Å². The molecule has 1 aliphatic rings. The molecule has 0 spiro atoms. The van der Waals surface area contributed by atoms with Crippen molar-refractivity contribution in [2.45, 2.75) is 25.8 Å². The van der Waals surface area contributed by atoms with E-state index >= 15 is 0 Å². The van der Waals surface area contributed by atoms with E-state index in [1.165, 1.54) is 0 Å². The van der Waals surface area contributed by atoms with Crippen LogP contribution in [0.5, 0.6) is 5.75 Å². The number of ether oxygens (including phenoxy) is 1. The van der Waals surface area contributed by atoms with E-state index in [4.69, 9.17) is 10.00 Å². The summed E-state index contributed by atoms with van der Waals surface area (Å²) in [5.74, 6) is 0.915. The molecule has 0 atom stereocenters. The highest BCUT2D eigenvalue weighted by molar-refractivity contribution is 5.76. The lowest BCUT2D eigenvalue weighted by molar-refractivity contribution is -0.133. The molecule has 0 aliphatic carbocycles. The fraction of sp³-hybridized carbons (Fsp3) is 0.429. The number of piperidine rings is 1. The van der Waals surface area contributed by atoms with Crippen molar-refractivity contribution in [3.63, 3.8) is 0 Å². The quantitative estimate of drug-likeness (QED) is 0.818. The zero-order valence-electron chi connectivity index (χ0n) is 10.5. The van der Waals surface area contributed by atoms with Crippen LogP contribution >= 0.6 is 0 Å². The Kier molecular flexibility index (Phi) is 3.83. The maximum Gasteiger partial charge on any atom is 0.222 e. The third kappa shape index (κ3) is 2.62. The number of hydrogen-bond acceptors (Lipinski definition) is 3. The number of nitriles is 1. The average Bonchev–Trinajstić information content (AvgIpc) is 2.41. The average molecular weight is 244 g/mol. The number of carbonyl (C=O) groups is 1. The normalized spacial score (nSPS) is 15.3. The van der Waals surface area contributed by atoms with Crippen LogP contribution < -0.4 is 4.74 Å². The highest BCUT2D eigenvalue weighted by Crippen LogP contribution is 2.23. The second-order valence-electron chi connectivity index (χ2n) is 4.41. The van der Waals surface area contributed by atoms with E-state index in [2.05, 4.69) is 6.07 Å². The van der Waals surface area contributed by atoms with E-state index in [-0.39, 0.29) is 5.91 Å². The highest BCUT2D eigenvalue weighted by atomic mass is 16.5. The standard InChI is InChI=1S/C14H16N2O2/c1-18-13-6-5-11(9-15)8-12(13)10-16-7-3-2-4-14(16)17/h5-6,8H,2-4,7,10H2,1H3. The van der Waals surface area contributed by atoms with Gasteiger partial charge in [0, 0.05) is 25.1 Å². The van der Waals surface area contributed by atoms with Crippen molar-refractivity contribution in [3.8, 4) is 11.8 Å². The summed E-state index contributed by atoms with van der Waals surface area (Å²) in [6.07, 6.45) is 2.65. The largest absolute Gasteiger partial charge is 0.496 e. The predicted octanol–water partition coefficient (Wildman–Crippen LogP) is 2.08. The molecular formula is C14H16N2O2. The van der Waals surface area contributed by atoms with Crippen molar-refractivity contribution >= 4 is 5.91 Å². The minimum absolute atomic E-state index is 0.186. The van der Waals surface area contributed by atoms with Gasteiger partial charge in [0.2, 0.25) is 5.91 Å². The molecule has 0 radical (unpaired) electrons. The Morgan fingerprint density at radius 3 is 2.94 bits per heavy atom. The van der Waals surface area contributed by atoms with Crippen molar-refractivity contribution in [1.29, 1.82) is 5.26 Å². The molecule has 4 heteroatoms. The van der Waals surface area contributed by atoms with Crippen molar-refractivity contribution in [3.05, 3.63) is 29.3 Å². The Hall–Kier alpha value is -2.02. The van der Waals surface area contributed by atoms with Crippen molar-refractivity contribution < 1.29 is 9.53 Å². The number of methoxy groups -OCH3 is 1. The molecule has 1 heterocycles. The van der Waals surface area contributed by atoms with E-state index in [0.29, 0.717) is 18.5 Å². The first-order valence-corrected chi connectivity index (χ1v) is 6.09. The van der Waals surface area contributed by atoms with Crippen LogP contribution in [0.15, 0.2) is 18.2 Å². The molecule has 2 rings (SSSR count). The molecule has 0 saturated carbocycles. The molecule has 4 nitrogen and oxygen atoms in total. The molecule has 0 unspecified atom stereocenters. The molecule has 1 amide bonds. The Bertz CT molecular complexity index is 491. The van der Waals surface area contributed by atoms with Crippen LogP contribution in [0.3, 0.4) is 0 Å². The van der Waals surface area contributed by atoms with Gasteiger partial charge in [-0.2, -0.15) is 5.26 Å². The second-order valence-corrected chi connectivity index (χ2v) is 4.41. The van der Waals surface area contributed by atoms with Gasteiger partial charge in [-0.25, -0.2) is 0 Å². The Balaban J connectivity index is 2.21. The number of rotatable bonds is 3.